The maximum atomic E-state index is 12.4. The Morgan fingerprint density at radius 2 is 1.61 bits per heavy atom. The van der Waals surface area contributed by atoms with E-state index >= 15 is 0 Å². The maximum absolute atomic E-state index is 12.4. The number of hydrogen-bond acceptors (Lipinski definition) is 5. The quantitative estimate of drug-likeness (QED) is 0.132. The Balaban J connectivity index is 1.49. The molecule has 31 heavy (non-hydrogen) atoms. The van der Waals surface area contributed by atoms with Gasteiger partial charge in [0.1, 0.15) is 17.3 Å². The van der Waals surface area contributed by atoms with Crippen LogP contribution in [-0.2, 0) is 0 Å². The third-order valence-electron chi connectivity index (χ3n) is 4.42. The smallest absolute Gasteiger partial charge is 0.270 e. The van der Waals surface area contributed by atoms with Gasteiger partial charge in [-0.1, -0.05) is 35.3 Å². The van der Waals surface area contributed by atoms with E-state index in [9.17, 15) is 14.9 Å². The van der Waals surface area contributed by atoms with Crippen molar-refractivity contribution in [3.05, 3.63) is 104 Å². The Morgan fingerprint density at radius 1 is 0.871 bits per heavy atom. The van der Waals surface area contributed by atoms with Crippen LogP contribution in [0.15, 0.2) is 81.6 Å². The average Bonchev–Trinajstić information content (AvgIpc) is 3.44. The van der Waals surface area contributed by atoms with Gasteiger partial charge in [-0.25, -0.2) is 0 Å². The fourth-order valence-electron chi connectivity index (χ4n) is 2.89. The highest BCUT2D eigenvalue weighted by Gasteiger charge is 2.12. The first-order valence-electron chi connectivity index (χ1n) is 9.03. The van der Waals surface area contributed by atoms with Crippen LogP contribution in [0.2, 0.25) is 10.0 Å². The van der Waals surface area contributed by atoms with Crippen LogP contribution in [-0.4, -0.2) is 10.7 Å². The molecule has 0 radical (unpaired) electrons. The molecule has 0 aliphatic heterocycles. The van der Waals surface area contributed by atoms with E-state index in [4.69, 9.17) is 32.0 Å². The van der Waals surface area contributed by atoms with Crippen LogP contribution in [0, 0.1) is 10.1 Å². The molecule has 4 rings (SSSR count). The van der Waals surface area contributed by atoms with E-state index in [1.807, 2.05) is 0 Å². The number of non-ortho nitro benzene ring substituents is 1. The third-order valence-corrected chi connectivity index (χ3v) is 5.16. The van der Waals surface area contributed by atoms with E-state index in [1.165, 1.54) is 24.3 Å². The fourth-order valence-corrected chi connectivity index (χ4v) is 3.18. The van der Waals surface area contributed by atoms with Crippen LogP contribution >= 0.6 is 23.2 Å². The summed E-state index contributed by atoms with van der Waals surface area (Å²) in [4.78, 5) is 22.9. The molecule has 2 aromatic carbocycles. The zero-order chi connectivity index (χ0) is 22.0. The van der Waals surface area contributed by atoms with Gasteiger partial charge in [0.05, 0.1) is 15.0 Å². The molecule has 2 heterocycles. The molecular weight excluding hydrogens is 441 g/mol. The zero-order valence-corrected chi connectivity index (χ0v) is 17.3. The van der Waals surface area contributed by atoms with Gasteiger partial charge in [-0.15, -0.1) is 0 Å². The van der Waals surface area contributed by atoms with Crippen molar-refractivity contribution in [2.45, 2.75) is 0 Å². The Hall–Kier alpha value is -3.61. The van der Waals surface area contributed by atoms with Crippen LogP contribution in [0.3, 0.4) is 0 Å². The van der Waals surface area contributed by atoms with Gasteiger partial charge in [0.15, 0.2) is 5.76 Å². The Bertz CT molecular complexity index is 1320. The van der Waals surface area contributed by atoms with E-state index in [1.54, 1.807) is 54.6 Å². The highest BCUT2D eigenvalue weighted by atomic mass is 35.5. The van der Waals surface area contributed by atoms with Gasteiger partial charge in [-0.2, -0.15) is 0 Å². The molecule has 0 aliphatic carbocycles. The number of nitrogens with zero attached hydrogens (tertiary/aromatic N) is 1. The number of nitro groups is 1. The van der Waals surface area contributed by atoms with Crippen molar-refractivity contribution >= 4 is 40.7 Å². The molecule has 0 aliphatic rings. The van der Waals surface area contributed by atoms with Crippen molar-refractivity contribution < 1.29 is 18.6 Å². The van der Waals surface area contributed by atoms with Gasteiger partial charge in [-0.3, -0.25) is 14.9 Å². The standard InChI is InChI=1S/C23H13Cl2NO5/c24-18-7-4-15(13-19(18)25)22-10-11-23(31-22)20(27)8-5-17-6-9-21(30-17)14-2-1-3-16(12-14)26(28)29/h1-13H/b8-5+. The lowest BCUT2D eigenvalue weighted by atomic mass is 10.1. The lowest BCUT2D eigenvalue weighted by molar-refractivity contribution is -0.384. The molecule has 0 bridgehead atoms. The predicted octanol–water partition coefficient (Wildman–Crippen LogP) is 7.32. The number of furan rings is 2. The number of rotatable bonds is 6. The molecule has 0 unspecified atom stereocenters. The van der Waals surface area contributed by atoms with Crippen molar-refractivity contribution in [1.29, 1.82) is 0 Å². The van der Waals surface area contributed by atoms with Crippen LogP contribution in [0.25, 0.3) is 28.7 Å². The van der Waals surface area contributed by atoms with E-state index in [2.05, 4.69) is 0 Å². The van der Waals surface area contributed by atoms with Crippen LogP contribution in [0.4, 0.5) is 5.69 Å². The lowest BCUT2D eigenvalue weighted by Gasteiger charge is -1.99. The van der Waals surface area contributed by atoms with Crippen molar-refractivity contribution in [2.75, 3.05) is 0 Å². The summed E-state index contributed by atoms with van der Waals surface area (Å²) in [7, 11) is 0. The van der Waals surface area contributed by atoms with Gasteiger partial charge in [0.25, 0.3) is 5.69 Å². The second kappa shape index (κ2) is 8.63. The van der Waals surface area contributed by atoms with Crippen LogP contribution in [0.1, 0.15) is 16.3 Å². The van der Waals surface area contributed by atoms with Crippen molar-refractivity contribution in [3.8, 4) is 22.6 Å². The third kappa shape index (κ3) is 4.60. The van der Waals surface area contributed by atoms with Gasteiger partial charge in [0.2, 0.25) is 5.78 Å². The normalized spacial score (nSPS) is 11.2. The molecular formula is C23H13Cl2NO5. The summed E-state index contributed by atoms with van der Waals surface area (Å²) in [5, 5.41) is 11.7. The first kappa shape index (κ1) is 20.7. The number of halogens is 2. The van der Waals surface area contributed by atoms with Crippen LogP contribution in [0.5, 0.6) is 0 Å². The highest BCUT2D eigenvalue weighted by Crippen LogP contribution is 2.30. The number of carbonyl (C=O) groups excluding carboxylic acids is 1. The second-order valence-electron chi connectivity index (χ2n) is 6.50. The van der Waals surface area contributed by atoms with Gasteiger partial charge in [-0.05, 0) is 54.6 Å². The summed E-state index contributed by atoms with van der Waals surface area (Å²) in [6.07, 6.45) is 2.83. The summed E-state index contributed by atoms with van der Waals surface area (Å²) in [6, 6.07) is 17.8. The number of ketones is 1. The molecule has 8 heteroatoms. The molecule has 0 saturated carbocycles. The molecule has 0 saturated heterocycles. The molecule has 6 nitrogen and oxygen atoms in total. The van der Waals surface area contributed by atoms with E-state index < -0.39 is 4.92 Å². The molecule has 0 N–H and O–H groups in total. The summed E-state index contributed by atoms with van der Waals surface area (Å²) >= 11 is 11.9. The molecule has 154 valence electrons. The number of benzene rings is 2. The largest absolute Gasteiger partial charge is 0.457 e. The average molecular weight is 454 g/mol. The maximum Gasteiger partial charge on any atom is 0.270 e. The number of allylic oxidation sites excluding steroid dienone is 1. The molecule has 0 fully saturated rings. The van der Waals surface area contributed by atoms with Crippen LogP contribution < -0.4 is 0 Å². The Kier molecular flexibility index (Phi) is 5.75. The number of hydrogen-bond donors (Lipinski definition) is 0. The zero-order valence-electron chi connectivity index (χ0n) is 15.7. The minimum atomic E-state index is -0.471. The van der Waals surface area contributed by atoms with Gasteiger partial charge >= 0.3 is 0 Å². The summed E-state index contributed by atoms with van der Waals surface area (Å²) in [5.74, 6) is 1.17. The topological polar surface area (TPSA) is 86.5 Å². The van der Waals surface area contributed by atoms with Crippen molar-refractivity contribution in [3.63, 3.8) is 0 Å². The molecule has 0 amide bonds. The SMILES string of the molecule is O=C(/C=C/c1ccc(-c2cccc([N+](=O)[O-])c2)o1)c1ccc(-c2ccc(Cl)c(Cl)c2)o1. The Labute approximate surface area is 186 Å². The lowest BCUT2D eigenvalue weighted by Crippen LogP contribution is -1.90. The second-order valence-corrected chi connectivity index (χ2v) is 7.31. The molecule has 2 aromatic heterocycles. The molecule has 0 atom stereocenters. The summed E-state index contributed by atoms with van der Waals surface area (Å²) < 4.78 is 11.3. The predicted molar refractivity (Wildman–Crippen MR) is 118 cm³/mol. The minimum Gasteiger partial charge on any atom is -0.457 e. The highest BCUT2D eigenvalue weighted by molar-refractivity contribution is 6.42. The monoisotopic (exact) mass is 453 g/mol. The minimum absolute atomic E-state index is 0.0308. The summed E-state index contributed by atoms with van der Waals surface area (Å²) in [5.41, 5.74) is 1.24. The van der Waals surface area contributed by atoms with E-state index in [0.717, 1.165) is 0 Å². The first-order valence-corrected chi connectivity index (χ1v) is 9.78. The number of carbonyl (C=O) groups is 1. The van der Waals surface area contributed by atoms with Crippen molar-refractivity contribution in [1.82, 2.24) is 0 Å². The van der Waals surface area contributed by atoms with E-state index in [0.29, 0.717) is 38.5 Å². The van der Waals surface area contributed by atoms with Gasteiger partial charge in [0, 0.05) is 23.3 Å². The molecule has 4 aromatic rings. The van der Waals surface area contributed by atoms with Crippen molar-refractivity contribution in [2.24, 2.45) is 0 Å². The first-order chi connectivity index (χ1) is 14.9. The van der Waals surface area contributed by atoms with E-state index in [-0.39, 0.29) is 17.2 Å². The fraction of sp³-hybridized carbons (Fsp3) is 0. The number of nitro benzene ring substituents is 1. The Morgan fingerprint density at radius 3 is 2.39 bits per heavy atom. The summed E-state index contributed by atoms with van der Waals surface area (Å²) in [6.45, 7) is 0. The van der Waals surface area contributed by atoms with Gasteiger partial charge < -0.3 is 8.83 Å². The molecule has 0 spiro atoms.